The van der Waals surface area contributed by atoms with E-state index in [1.165, 1.54) is 93.6 Å². The number of hydrogen-bond acceptors (Lipinski definition) is 3. The minimum absolute atomic E-state index is 0.725. The second-order valence-electron chi connectivity index (χ2n) is 14.0. The predicted molar refractivity (Wildman–Crippen MR) is 217 cm³/mol. The molecule has 0 aliphatic heterocycles. The van der Waals surface area contributed by atoms with Crippen LogP contribution in [-0.2, 0) is 13.1 Å². The van der Waals surface area contributed by atoms with E-state index in [1.54, 1.807) is 0 Å². The third kappa shape index (κ3) is 8.08. The Bertz CT molecular complexity index is 2040. The average molecular weight is 687 g/mol. The third-order valence-corrected chi connectivity index (χ3v) is 10.1. The molecule has 2 aromatic heterocycles. The number of benzene rings is 4. The summed E-state index contributed by atoms with van der Waals surface area (Å²) in [5.74, 6) is 2.72. The van der Waals surface area contributed by atoms with Crippen molar-refractivity contribution in [2.75, 3.05) is 19.8 Å². The van der Waals surface area contributed by atoms with Crippen LogP contribution < -0.4 is 14.2 Å². The summed E-state index contributed by atoms with van der Waals surface area (Å²) in [7, 11) is 0. The van der Waals surface area contributed by atoms with Gasteiger partial charge in [0.15, 0.2) is 0 Å². The summed E-state index contributed by atoms with van der Waals surface area (Å²) in [6.07, 6.45) is 10.3. The van der Waals surface area contributed by atoms with Crippen LogP contribution >= 0.6 is 0 Å². The zero-order valence-electron chi connectivity index (χ0n) is 31.9. The smallest absolute Gasteiger partial charge is 0.123 e. The number of aryl methyl sites for hydroxylation is 3. The third-order valence-electron chi connectivity index (χ3n) is 10.1. The van der Waals surface area contributed by atoms with Crippen molar-refractivity contribution in [1.82, 2.24) is 9.13 Å². The minimum Gasteiger partial charge on any atom is -0.494 e. The molecule has 6 aromatic rings. The number of nitrogens with zero attached hydrogens (tertiary/aromatic N) is 2. The standard InChI is InChI=1S/C46H58N2O3/c1-7-12-15-22-49-38-26-33(6)25-36(27-38)34-18-20-41-43(30-34)47(10-4)46-42-21-19-35(31-44(42)48(11-5)45(41)46)37-28-39(50-23-16-13-8-2)32-40(29-37)51-24-17-14-9-3/h18-21,25-32H,7-17,22-24H2,1-6H3. The quantitative estimate of drug-likeness (QED) is 0.0796. The first-order valence-electron chi connectivity index (χ1n) is 19.7. The number of unbranched alkanes of at least 4 members (excludes halogenated alkanes) is 6. The maximum Gasteiger partial charge on any atom is 0.123 e. The Kier molecular flexibility index (Phi) is 12.3. The van der Waals surface area contributed by atoms with Crippen LogP contribution in [0.3, 0.4) is 0 Å². The van der Waals surface area contributed by atoms with Crippen molar-refractivity contribution < 1.29 is 14.2 Å². The number of ether oxygens (including phenoxy) is 3. The van der Waals surface area contributed by atoms with Gasteiger partial charge in [0, 0.05) is 29.9 Å². The van der Waals surface area contributed by atoms with Crippen molar-refractivity contribution in [3.63, 3.8) is 0 Å². The lowest BCUT2D eigenvalue weighted by molar-refractivity contribution is 0.291. The van der Waals surface area contributed by atoms with Crippen LogP contribution in [0.4, 0.5) is 0 Å². The summed E-state index contributed by atoms with van der Waals surface area (Å²) >= 11 is 0. The van der Waals surface area contributed by atoms with Gasteiger partial charge in [0.2, 0.25) is 0 Å². The highest BCUT2D eigenvalue weighted by Crippen LogP contribution is 2.41. The summed E-state index contributed by atoms with van der Waals surface area (Å²) in [6, 6.07) is 27.0. The highest BCUT2D eigenvalue weighted by molar-refractivity contribution is 6.19. The molecule has 0 saturated heterocycles. The van der Waals surface area contributed by atoms with E-state index in [0.29, 0.717) is 0 Å². The summed E-state index contributed by atoms with van der Waals surface area (Å²) in [6.45, 7) is 17.4. The first-order chi connectivity index (χ1) is 25.0. The van der Waals surface area contributed by atoms with Crippen LogP contribution in [0.5, 0.6) is 17.2 Å². The molecule has 0 amide bonds. The number of hydrogen-bond donors (Lipinski definition) is 0. The van der Waals surface area contributed by atoms with Gasteiger partial charge >= 0.3 is 0 Å². The molecule has 0 aliphatic carbocycles. The number of aromatic nitrogens is 2. The molecular formula is C46H58N2O3. The van der Waals surface area contributed by atoms with E-state index >= 15 is 0 Å². The number of rotatable bonds is 19. The number of fused-ring (bicyclic) bond motifs is 5. The highest BCUT2D eigenvalue weighted by atomic mass is 16.5. The van der Waals surface area contributed by atoms with Gasteiger partial charge in [-0.2, -0.15) is 0 Å². The van der Waals surface area contributed by atoms with Gasteiger partial charge in [-0.15, -0.1) is 0 Å². The van der Waals surface area contributed by atoms with Crippen molar-refractivity contribution in [2.24, 2.45) is 0 Å². The molecule has 0 saturated carbocycles. The molecule has 0 N–H and O–H groups in total. The van der Waals surface area contributed by atoms with Crippen LogP contribution in [0.1, 0.15) is 98.0 Å². The van der Waals surface area contributed by atoms with Gasteiger partial charge in [-0.05, 0) is 104 Å². The fourth-order valence-corrected chi connectivity index (χ4v) is 7.50. The molecule has 5 nitrogen and oxygen atoms in total. The lowest BCUT2D eigenvalue weighted by Gasteiger charge is -2.14. The Morgan fingerprint density at radius 1 is 0.431 bits per heavy atom. The van der Waals surface area contributed by atoms with E-state index in [0.717, 1.165) is 75.0 Å². The van der Waals surface area contributed by atoms with E-state index in [9.17, 15) is 0 Å². The molecule has 0 radical (unpaired) electrons. The first kappa shape index (κ1) is 36.4. The van der Waals surface area contributed by atoms with E-state index in [4.69, 9.17) is 14.2 Å². The molecule has 4 aromatic carbocycles. The van der Waals surface area contributed by atoms with Crippen molar-refractivity contribution in [3.05, 3.63) is 78.4 Å². The van der Waals surface area contributed by atoms with Crippen molar-refractivity contribution in [2.45, 2.75) is 112 Å². The Morgan fingerprint density at radius 2 is 0.843 bits per heavy atom. The van der Waals surface area contributed by atoms with Crippen LogP contribution in [0.25, 0.3) is 55.1 Å². The molecule has 2 heterocycles. The molecule has 0 bridgehead atoms. The largest absolute Gasteiger partial charge is 0.494 e. The van der Waals surface area contributed by atoms with Crippen LogP contribution in [-0.4, -0.2) is 29.0 Å². The lowest BCUT2D eigenvalue weighted by Crippen LogP contribution is -2.00. The van der Waals surface area contributed by atoms with Crippen molar-refractivity contribution in [3.8, 4) is 39.5 Å². The predicted octanol–water partition coefficient (Wildman–Crippen LogP) is 13.1. The molecule has 6 rings (SSSR count). The lowest BCUT2D eigenvalue weighted by atomic mass is 10.0. The molecular weight excluding hydrogens is 629 g/mol. The Balaban J connectivity index is 1.40. The SMILES string of the molecule is CCCCCOc1cc(C)cc(-c2ccc3c(c2)n(CC)c2c4ccc(-c5cc(OCCCCC)cc(OCCCCC)c5)cc4n(CC)c32)c1. The van der Waals surface area contributed by atoms with E-state index in [-0.39, 0.29) is 0 Å². The Hall–Kier alpha value is -4.38. The first-order valence-corrected chi connectivity index (χ1v) is 19.7. The maximum absolute atomic E-state index is 6.27. The van der Waals surface area contributed by atoms with Gasteiger partial charge in [0.25, 0.3) is 0 Å². The van der Waals surface area contributed by atoms with Crippen LogP contribution in [0.15, 0.2) is 72.8 Å². The zero-order chi connectivity index (χ0) is 35.7. The van der Waals surface area contributed by atoms with Crippen LogP contribution in [0, 0.1) is 6.92 Å². The summed E-state index contributed by atoms with van der Waals surface area (Å²) in [5, 5.41) is 2.58. The van der Waals surface area contributed by atoms with Gasteiger partial charge in [-0.1, -0.05) is 89.6 Å². The monoisotopic (exact) mass is 686 g/mol. The summed E-state index contributed by atoms with van der Waals surface area (Å²) < 4.78 is 23.7. The zero-order valence-corrected chi connectivity index (χ0v) is 31.9. The maximum atomic E-state index is 6.27. The van der Waals surface area contributed by atoms with E-state index in [1.807, 2.05) is 0 Å². The van der Waals surface area contributed by atoms with E-state index < -0.39 is 0 Å². The van der Waals surface area contributed by atoms with Gasteiger partial charge in [0.1, 0.15) is 17.2 Å². The van der Waals surface area contributed by atoms with Gasteiger partial charge in [0.05, 0.1) is 41.9 Å². The van der Waals surface area contributed by atoms with E-state index in [2.05, 4.69) is 123 Å². The fraction of sp³-hybridized carbons (Fsp3) is 0.435. The molecule has 0 fully saturated rings. The normalized spacial score (nSPS) is 11.6. The molecule has 0 spiro atoms. The summed E-state index contributed by atoms with van der Waals surface area (Å²) in [5.41, 5.74) is 11.1. The Labute approximate surface area is 305 Å². The van der Waals surface area contributed by atoms with Crippen molar-refractivity contribution in [1.29, 1.82) is 0 Å². The molecule has 51 heavy (non-hydrogen) atoms. The molecule has 0 atom stereocenters. The molecule has 5 heteroatoms. The highest BCUT2D eigenvalue weighted by Gasteiger charge is 2.20. The van der Waals surface area contributed by atoms with Gasteiger partial charge in [-0.3, -0.25) is 0 Å². The average Bonchev–Trinajstić information content (AvgIpc) is 3.64. The topological polar surface area (TPSA) is 37.6 Å². The fourth-order valence-electron chi connectivity index (χ4n) is 7.50. The summed E-state index contributed by atoms with van der Waals surface area (Å²) in [4.78, 5) is 0. The van der Waals surface area contributed by atoms with Gasteiger partial charge in [-0.25, -0.2) is 0 Å². The second kappa shape index (κ2) is 17.2. The van der Waals surface area contributed by atoms with Crippen molar-refractivity contribution >= 4 is 32.8 Å². The minimum atomic E-state index is 0.725. The Morgan fingerprint density at radius 3 is 1.25 bits per heavy atom. The second-order valence-corrected chi connectivity index (χ2v) is 14.0. The molecule has 270 valence electrons. The van der Waals surface area contributed by atoms with Gasteiger partial charge < -0.3 is 23.3 Å². The molecule has 0 aliphatic rings. The van der Waals surface area contributed by atoms with Crippen LogP contribution in [0.2, 0.25) is 0 Å². The molecule has 0 unspecified atom stereocenters.